The highest BCUT2D eigenvalue weighted by atomic mass is 19.4. The van der Waals surface area contributed by atoms with E-state index in [9.17, 15) is 22.4 Å². The molecule has 3 aromatic carbocycles. The fourth-order valence-electron chi connectivity index (χ4n) is 4.29. The summed E-state index contributed by atoms with van der Waals surface area (Å²) in [7, 11) is 0. The molecule has 0 aliphatic rings. The van der Waals surface area contributed by atoms with Crippen LogP contribution in [-0.4, -0.2) is 20.4 Å². The molecular formula is C28H20F4N4O. The van der Waals surface area contributed by atoms with Gasteiger partial charge in [-0.25, -0.2) is 9.37 Å². The van der Waals surface area contributed by atoms with Crippen molar-refractivity contribution in [2.45, 2.75) is 20.0 Å². The van der Waals surface area contributed by atoms with E-state index < -0.39 is 23.1 Å². The molecule has 0 spiro atoms. The minimum Gasteiger partial charge on any atom is -0.315 e. The van der Waals surface area contributed by atoms with Crippen molar-refractivity contribution in [2.24, 2.45) is 5.10 Å². The van der Waals surface area contributed by atoms with E-state index in [1.165, 1.54) is 24.4 Å². The Balaban J connectivity index is 1.68. The average Bonchev–Trinajstić information content (AvgIpc) is 3.16. The Morgan fingerprint density at radius 3 is 2.41 bits per heavy atom. The average molecular weight is 504 g/mol. The third-order valence-corrected chi connectivity index (χ3v) is 6.08. The van der Waals surface area contributed by atoms with Gasteiger partial charge in [-0.05, 0) is 56.3 Å². The first kappa shape index (κ1) is 24.2. The van der Waals surface area contributed by atoms with Crippen LogP contribution in [0, 0.1) is 19.7 Å². The summed E-state index contributed by atoms with van der Waals surface area (Å²) in [5.41, 5.74) is 1.42. The van der Waals surface area contributed by atoms with Crippen LogP contribution in [0.4, 0.5) is 17.6 Å². The van der Waals surface area contributed by atoms with Crippen LogP contribution in [0.25, 0.3) is 28.0 Å². The molecule has 5 rings (SSSR count). The highest BCUT2D eigenvalue weighted by molar-refractivity contribution is 5.83. The predicted octanol–water partition coefficient (Wildman–Crippen LogP) is 6.51. The van der Waals surface area contributed by atoms with E-state index in [-0.39, 0.29) is 16.8 Å². The smallest absolute Gasteiger partial charge is 0.315 e. The van der Waals surface area contributed by atoms with Crippen LogP contribution in [0.15, 0.2) is 88.8 Å². The summed E-state index contributed by atoms with van der Waals surface area (Å²) in [5.74, 6) is -0.427. The molecule has 0 atom stereocenters. The van der Waals surface area contributed by atoms with Crippen LogP contribution in [0.2, 0.25) is 0 Å². The van der Waals surface area contributed by atoms with E-state index in [0.29, 0.717) is 22.5 Å². The van der Waals surface area contributed by atoms with Crippen LogP contribution < -0.4 is 5.56 Å². The normalized spacial score (nSPS) is 12.1. The standard InChI is InChI=1S/C28H20F4N4O/c1-17-14-20(18(2)35(17)25-13-6-4-11-23(25)29)16-33-36-26(19-8-7-9-21(15-19)28(30,31)32)34-24-12-5-3-10-22(24)27(36)37/h3-16H,1-2H3. The molecular weight excluding hydrogens is 484 g/mol. The Morgan fingerprint density at radius 1 is 0.919 bits per heavy atom. The third-order valence-electron chi connectivity index (χ3n) is 6.08. The van der Waals surface area contributed by atoms with Gasteiger partial charge in [-0.1, -0.05) is 36.4 Å². The molecule has 0 aliphatic heterocycles. The summed E-state index contributed by atoms with van der Waals surface area (Å²) in [4.78, 5) is 17.9. The molecule has 0 bridgehead atoms. The number of fused-ring (bicyclic) bond motifs is 1. The molecule has 5 nitrogen and oxygen atoms in total. The molecule has 2 heterocycles. The number of nitrogens with zero attached hydrogens (tertiary/aromatic N) is 4. The first-order chi connectivity index (χ1) is 17.6. The van der Waals surface area contributed by atoms with Gasteiger partial charge in [-0.3, -0.25) is 4.79 Å². The number of halogens is 4. The fraction of sp³-hybridized carbons (Fsp3) is 0.107. The molecule has 0 fully saturated rings. The van der Waals surface area contributed by atoms with Gasteiger partial charge in [0.25, 0.3) is 5.56 Å². The van der Waals surface area contributed by atoms with Crippen molar-refractivity contribution >= 4 is 17.1 Å². The second kappa shape index (κ2) is 9.16. The Hall–Kier alpha value is -4.53. The molecule has 0 saturated heterocycles. The lowest BCUT2D eigenvalue weighted by atomic mass is 10.1. The van der Waals surface area contributed by atoms with Gasteiger partial charge in [0.2, 0.25) is 0 Å². The van der Waals surface area contributed by atoms with Crippen LogP contribution in [0.3, 0.4) is 0 Å². The summed E-state index contributed by atoms with van der Waals surface area (Å²) in [6.07, 6.45) is -3.14. The fourth-order valence-corrected chi connectivity index (χ4v) is 4.29. The lowest BCUT2D eigenvalue weighted by molar-refractivity contribution is -0.137. The van der Waals surface area contributed by atoms with Gasteiger partial charge in [0, 0.05) is 22.5 Å². The van der Waals surface area contributed by atoms with E-state index in [4.69, 9.17) is 0 Å². The van der Waals surface area contributed by atoms with E-state index in [0.717, 1.165) is 22.5 Å². The Morgan fingerprint density at radius 2 is 1.65 bits per heavy atom. The lowest BCUT2D eigenvalue weighted by Gasteiger charge is -2.12. The number of para-hydroxylation sites is 2. The highest BCUT2D eigenvalue weighted by Gasteiger charge is 2.31. The minimum absolute atomic E-state index is 0.0334. The van der Waals surface area contributed by atoms with E-state index in [1.807, 2.05) is 6.92 Å². The van der Waals surface area contributed by atoms with Crippen LogP contribution in [0.1, 0.15) is 22.5 Å². The molecule has 5 aromatic rings. The zero-order valence-corrected chi connectivity index (χ0v) is 19.8. The number of aromatic nitrogens is 3. The van der Waals surface area contributed by atoms with Gasteiger partial charge in [0.05, 0.1) is 28.4 Å². The maximum absolute atomic E-state index is 14.5. The van der Waals surface area contributed by atoms with E-state index in [1.54, 1.807) is 60.0 Å². The largest absolute Gasteiger partial charge is 0.416 e. The van der Waals surface area contributed by atoms with Gasteiger partial charge in [0.15, 0.2) is 5.82 Å². The van der Waals surface area contributed by atoms with Crippen molar-refractivity contribution in [3.05, 3.63) is 118 Å². The zero-order valence-electron chi connectivity index (χ0n) is 19.8. The maximum Gasteiger partial charge on any atom is 0.416 e. The lowest BCUT2D eigenvalue weighted by Crippen LogP contribution is -2.20. The van der Waals surface area contributed by atoms with Crippen molar-refractivity contribution < 1.29 is 17.6 Å². The molecule has 186 valence electrons. The molecule has 0 aliphatic carbocycles. The zero-order chi connectivity index (χ0) is 26.3. The minimum atomic E-state index is -4.56. The van der Waals surface area contributed by atoms with Crippen molar-refractivity contribution in [1.82, 2.24) is 14.2 Å². The number of hydrogen-bond donors (Lipinski definition) is 0. The molecule has 0 radical (unpaired) electrons. The number of alkyl halides is 3. The quantitative estimate of drug-likeness (QED) is 0.207. The maximum atomic E-state index is 14.5. The number of aryl methyl sites for hydroxylation is 1. The van der Waals surface area contributed by atoms with Crippen LogP contribution >= 0.6 is 0 Å². The van der Waals surface area contributed by atoms with Gasteiger partial charge in [-0.15, -0.1) is 0 Å². The van der Waals surface area contributed by atoms with Crippen molar-refractivity contribution in [2.75, 3.05) is 0 Å². The summed E-state index contributed by atoms with van der Waals surface area (Å²) in [6.45, 7) is 3.60. The molecule has 0 amide bonds. The van der Waals surface area contributed by atoms with Crippen LogP contribution in [-0.2, 0) is 6.18 Å². The summed E-state index contributed by atoms with van der Waals surface area (Å²) < 4.78 is 57.4. The van der Waals surface area contributed by atoms with E-state index >= 15 is 0 Å². The first-order valence-electron chi connectivity index (χ1n) is 11.3. The summed E-state index contributed by atoms with van der Waals surface area (Å²) in [6, 6.07) is 19.3. The van der Waals surface area contributed by atoms with Gasteiger partial charge in [0.1, 0.15) is 5.82 Å². The second-order valence-corrected chi connectivity index (χ2v) is 8.51. The van der Waals surface area contributed by atoms with Crippen molar-refractivity contribution in [3.63, 3.8) is 0 Å². The molecule has 0 unspecified atom stereocenters. The highest BCUT2D eigenvalue weighted by Crippen LogP contribution is 2.32. The Bertz CT molecular complexity index is 1730. The monoisotopic (exact) mass is 504 g/mol. The SMILES string of the molecule is Cc1cc(C=Nn2c(-c3cccc(C(F)(F)F)c3)nc3ccccc3c2=O)c(C)n1-c1ccccc1F. The third kappa shape index (κ3) is 4.44. The van der Waals surface area contributed by atoms with Gasteiger partial charge < -0.3 is 4.57 Å². The summed E-state index contributed by atoms with van der Waals surface area (Å²) >= 11 is 0. The van der Waals surface area contributed by atoms with Crippen molar-refractivity contribution in [1.29, 1.82) is 0 Å². The Kier molecular flexibility index (Phi) is 5.99. The first-order valence-corrected chi connectivity index (χ1v) is 11.3. The van der Waals surface area contributed by atoms with E-state index in [2.05, 4.69) is 10.1 Å². The second-order valence-electron chi connectivity index (χ2n) is 8.51. The van der Waals surface area contributed by atoms with Crippen LogP contribution in [0.5, 0.6) is 0 Å². The number of hydrogen-bond acceptors (Lipinski definition) is 3. The molecule has 37 heavy (non-hydrogen) atoms. The Labute approximate surface area is 209 Å². The van der Waals surface area contributed by atoms with Gasteiger partial charge >= 0.3 is 6.18 Å². The summed E-state index contributed by atoms with van der Waals surface area (Å²) in [5, 5.41) is 4.62. The molecule has 9 heteroatoms. The molecule has 2 aromatic heterocycles. The van der Waals surface area contributed by atoms with Crippen molar-refractivity contribution in [3.8, 4) is 17.1 Å². The number of benzene rings is 3. The number of rotatable bonds is 4. The topological polar surface area (TPSA) is 52.2 Å². The molecule has 0 N–H and O–H groups in total. The van der Waals surface area contributed by atoms with Gasteiger partial charge in [-0.2, -0.15) is 22.9 Å². The molecule has 0 saturated carbocycles. The predicted molar refractivity (Wildman–Crippen MR) is 135 cm³/mol.